The van der Waals surface area contributed by atoms with Gasteiger partial charge in [0.1, 0.15) is 10.5 Å². The third kappa shape index (κ3) is 3.75. The van der Waals surface area contributed by atoms with E-state index in [0.29, 0.717) is 12.6 Å². The van der Waals surface area contributed by atoms with Gasteiger partial charge in [-0.3, -0.25) is 14.6 Å². The summed E-state index contributed by atoms with van der Waals surface area (Å²) in [7, 11) is 0. The molecule has 1 N–H and O–H groups in total. The zero-order valence-electron chi connectivity index (χ0n) is 17.2. The number of urea groups is 1. The maximum Gasteiger partial charge on any atom is 0.326 e. The van der Waals surface area contributed by atoms with Crippen molar-refractivity contribution < 1.29 is 9.59 Å². The number of carbonyl (C=O) groups is 2. The number of carbonyl (C=O) groups excluding carboxylic acids is 2. The molecule has 3 amide bonds. The van der Waals surface area contributed by atoms with Gasteiger partial charge >= 0.3 is 6.03 Å². The van der Waals surface area contributed by atoms with E-state index in [4.69, 9.17) is 4.98 Å². The van der Waals surface area contributed by atoms with E-state index in [0.717, 1.165) is 61.8 Å². The number of imide groups is 1. The Hall–Kier alpha value is -2.29. The summed E-state index contributed by atoms with van der Waals surface area (Å²) in [5, 5.41) is 6.13. The van der Waals surface area contributed by atoms with Crippen molar-refractivity contribution in [1.82, 2.24) is 25.0 Å². The van der Waals surface area contributed by atoms with E-state index in [1.807, 2.05) is 25.1 Å². The van der Waals surface area contributed by atoms with Gasteiger partial charge in [-0.25, -0.2) is 14.7 Å². The monoisotopic (exact) mass is 425 g/mol. The first-order valence-corrected chi connectivity index (χ1v) is 11.5. The molecular formula is C22H27N5O2S. The van der Waals surface area contributed by atoms with Gasteiger partial charge in [-0.2, -0.15) is 0 Å². The number of hydrogen-bond acceptors (Lipinski definition) is 6. The van der Waals surface area contributed by atoms with Crippen molar-refractivity contribution in [2.45, 2.75) is 31.8 Å². The Bertz CT molecular complexity index is 936. The predicted molar refractivity (Wildman–Crippen MR) is 116 cm³/mol. The molecule has 30 heavy (non-hydrogen) atoms. The lowest BCUT2D eigenvalue weighted by molar-refractivity contribution is -0.133. The third-order valence-electron chi connectivity index (χ3n) is 6.46. The van der Waals surface area contributed by atoms with E-state index < -0.39 is 5.54 Å². The average Bonchev–Trinajstić information content (AvgIpc) is 3.48. The molecule has 1 saturated carbocycles. The summed E-state index contributed by atoms with van der Waals surface area (Å²) in [5.74, 6) is 0.239. The van der Waals surface area contributed by atoms with Crippen LogP contribution in [-0.2, 0) is 11.3 Å². The fraction of sp³-hybridized carbons (Fsp3) is 0.500. The molecule has 1 aromatic heterocycles. The van der Waals surface area contributed by atoms with Crippen LogP contribution in [0, 0.1) is 5.92 Å². The number of hydrogen-bond donors (Lipinski definition) is 1. The first kappa shape index (κ1) is 19.7. The van der Waals surface area contributed by atoms with Crippen molar-refractivity contribution in [3.05, 3.63) is 41.4 Å². The average molecular weight is 426 g/mol. The quantitative estimate of drug-likeness (QED) is 0.721. The van der Waals surface area contributed by atoms with Crippen LogP contribution in [0.15, 0.2) is 35.7 Å². The molecular weight excluding hydrogens is 398 g/mol. The maximum absolute atomic E-state index is 12.8. The number of amides is 3. The number of rotatable bonds is 6. The summed E-state index contributed by atoms with van der Waals surface area (Å²) in [6, 6.07) is 10.0. The van der Waals surface area contributed by atoms with Gasteiger partial charge in [-0.1, -0.05) is 30.3 Å². The van der Waals surface area contributed by atoms with Crippen molar-refractivity contribution in [2.75, 3.05) is 32.8 Å². The van der Waals surface area contributed by atoms with Crippen LogP contribution in [0.3, 0.4) is 0 Å². The Morgan fingerprint density at radius 3 is 2.50 bits per heavy atom. The second-order valence-electron chi connectivity index (χ2n) is 8.69. The van der Waals surface area contributed by atoms with Crippen LogP contribution >= 0.6 is 11.3 Å². The molecule has 3 aliphatic rings. The van der Waals surface area contributed by atoms with E-state index in [-0.39, 0.29) is 11.9 Å². The van der Waals surface area contributed by atoms with E-state index in [9.17, 15) is 9.59 Å². The van der Waals surface area contributed by atoms with Crippen LogP contribution in [0.25, 0.3) is 10.6 Å². The Morgan fingerprint density at radius 2 is 1.80 bits per heavy atom. The molecule has 8 heteroatoms. The van der Waals surface area contributed by atoms with Crippen molar-refractivity contribution in [3.63, 3.8) is 0 Å². The second-order valence-corrected chi connectivity index (χ2v) is 9.54. The molecule has 7 nitrogen and oxygen atoms in total. The highest BCUT2D eigenvalue weighted by atomic mass is 32.1. The minimum absolute atomic E-state index is 0.0617. The molecule has 1 aromatic carbocycles. The Morgan fingerprint density at radius 1 is 1.10 bits per heavy atom. The summed E-state index contributed by atoms with van der Waals surface area (Å²) in [5.41, 5.74) is 1.56. The molecule has 3 heterocycles. The lowest BCUT2D eigenvalue weighted by atomic mass is 9.96. The lowest BCUT2D eigenvalue weighted by Gasteiger charge is -2.35. The smallest absolute Gasteiger partial charge is 0.323 e. The summed E-state index contributed by atoms with van der Waals surface area (Å²) in [6.07, 6.45) is 2.05. The summed E-state index contributed by atoms with van der Waals surface area (Å²) >= 11 is 1.68. The summed E-state index contributed by atoms with van der Waals surface area (Å²) in [6.45, 7) is 6.58. The molecule has 2 aliphatic heterocycles. The van der Waals surface area contributed by atoms with E-state index in [2.05, 4.69) is 32.6 Å². The van der Waals surface area contributed by atoms with E-state index >= 15 is 0 Å². The minimum atomic E-state index is -0.694. The molecule has 1 atom stereocenters. The molecule has 5 rings (SSSR count). The van der Waals surface area contributed by atoms with Crippen LogP contribution in [0.5, 0.6) is 0 Å². The second kappa shape index (κ2) is 7.76. The molecule has 0 spiro atoms. The number of aromatic nitrogens is 1. The highest BCUT2D eigenvalue weighted by Gasteiger charge is 2.56. The van der Waals surface area contributed by atoms with Gasteiger partial charge in [0.25, 0.3) is 5.91 Å². The van der Waals surface area contributed by atoms with Gasteiger partial charge in [-0.05, 0) is 25.7 Å². The molecule has 0 radical (unpaired) electrons. The first-order valence-electron chi connectivity index (χ1n) is 10.6. The molecule has 158 valence electrons. The normalized spacial score (nSPS) is 25.7. The molecule has 2 aromatic rings. The standard InChI is InChI=1S/C22H27N5O2S/c1-22(17-7-8-17)20(28)27(21(29)24-22)15-26-11-9-25(10-12-26)13-18-14-30-19(23-18)16-5-3-2-4-6-16/h2-6,14,17H,7-13,15H2,1H3,(H,24,29). The van der Waals surface area contributed by atoms with E-state index in [1.54, 1.807) is 11.3 Å². The van der Waals surface area contributed by atoms with Gasteiger partial charge in [0.2, 0.25) is 0 Å². The number of nitrogens with zero attached hydrogens (tertiary/aromatic N) is 4. The fourth-order valence-electron chi connectivity index (χ4n) is 4.39. The zero-order chi connectivity index (χ0) is 20.7. The fourth-order valence-corrected chi connectivity index (χ4v) is 5.21. The largest absolute Gasteiger partial charge is 0.326 e. The molecule has 0 bridgehead atoms. The van der Waals surface area contributed by atoms with Gasteiger partial charge < -0.3 is 5.32 Å². The van der Waals surface area contributed by atoms with Crippen LogP contribution in [0.4, 0.5) is 4.79 Å². The Kier molecular flexibility index (Phi) is 5.08. The number of benzene rings is 1. The topological polar surface area (TPSA) is 68.8 Å². The van der Waals surface area contributed by atoms with Crippen molar-refractivity contribution in [2.24, 2.45) is 5.92 Å². The maximum atomic E-state index is 12.8. The highest BCUT2D eigenvalue weighted by Crippen LogP contribution is 2.42. The highest BCUT2D eigenvalue weighted by molar-refractivity contribution is 7.13. The van der Waals surface area contributed by atoms with Crippen LogP contribution in [-0.4, -0.2) is 70.0 Å². The zero-order valence-corrected chi connectivity index (χ0v) is 18.0. The molecule has 3 fully saturated rings. The van der Waals surface area contributed by atoms with Crippen LogP contribution < -0.4 is 5.32 Å². The third-order valence-corrected chi connectivity index (χ3v) is 7.40. The predicted octanol–water partition coefficient (Wildman–Crippen LogP) is 2.61. The summed E-state index contributed by atoms with van der Waals surface area (Å²) in [4.78, 5) is 36.0. The van der Waals surface area contributed by atoms with E-state index in [1.165, 1.54) is 4.90 Å². The Balaban J connectivity index is 1.13. The van der Waals surface area contributed by atoms with Gasteiger partial charge in [-0.15, -0.1) is 11.3 Å². The SMILES string of the molecule is CC1(C2CC2)NC(=O)N(CN2CCN(Cc3csc(-c4ccccc4)n3)CC2)C1=O. The van der Waals surface area contributed by atoms with Gasteiger partial charge in [0, 0.05) is 43.7 Å². The Labute approximate surface area is 180 Å². The number of nitrogens with one attached hydrogen (secondary N) is 1. The van der Waals surface area contributed by atoms with Crippen molar-refractivity contribution in [3.8, 4) is 10.6 Å². The summed E-state index contributed by atoms with van der Waals surface area (Å²) < 4.78 is 0. The van der Waals surface area contributed by atoms with Crippen LogP contribution in [0.1, 0.15) is 25.5 Å². The molecule has 1 unspecified atom stereocenters. The number of thiazole rings is 1. The van der Waals surface area contributed by atoms with Gasteiger partial charge in [0.15, 0.2) is 0 Å². The molecule has 1 aliphatic carbocycles. The minimum Gasteiger partial charge on any atom is -0.323 e. The van der Waals surface area contributed by atoms with Crippen LogP contribution in [0.2, 0.25) is 0 Å². The van der Waals surface area contributed by atoms with Crippen molar-refractivity contribution >= 4 is 23.3 Å². The molecule has 2 saturated heterocycles. The van der Waals surface area contributed by atoms with Crippen molar-refractivity contribution in [1.29, 1.82) is 0 Å². The van der Waals surface area contributed by atoms with Gasteiger partial charge in [0.05, 0.1) is 12.4 Å². The lowest BCUT2D eigenvalue weighted by Crippen LogP contribution is -2.51. The number of piperazine rings is 1. The first-order chi connectivity index (χ1) is 14.5.